The smallest absolute Gasteiger partial charge is 0.462 e. The molecule has 53 heavy (non-hydrogen) atoms. The lowest BCUT2D eigenvalue weighted by Gasteiger charge is -2.18. The van der Waals surface area contributed by atoms with Crippen LogP contribution in [-0.4, -0.2) is 52.3 Å². The molecule has 0 radical (unpaired) electrons. The molecule has 0 saturated heterocycles. The highest BCUT2D eigenvalue weighted by Crippen LogP contribution is 2.35. The minimum absolute atomic E-state index is 0.0526. The van der Waals surface area contributed by atoms with E-state index in [1.807, 2.05) is 48.6 Å². The molecule has 0 aromatic carbocycles. The van der Waals surface area contributed by atoms with Gasteiger partial charge in [0.15, 0.2) is 6.10 Å². The Morgan fingerprint density at radius 1 is 0.585 bits per heavy atom. The van der Waals surface area contributed by atoms with Gasteiger partial charge in [-0.15, -0.1) is 0 Å². The molecule has 0 bridgehead atoms. The van der Waals surface area contributed by atoms with Crippen molar-refractivity contribution in [1.82, 2.24) is 0 Å². The summed E-state index contributed by atoms with van der Waals surface area (Å²) in [6.07, 6.45) is 48.5. The standard InChI is InChI=1S/C43H67O9P/c1-3-5-7-9-11-12-13-14-15-16-17-21-24-28-32-36-42(45)50-38-41(39-51-53(47,48)49)52-43(46)37-33-29-25-22-19-18-20-23-27-31-35-40(44)34-30-26-10-8-6-4-2/h5-8,11-12,14-15,18-19,23,25-27,29-31,35,40-41,44H,3-4,9-10,13,16-17,20-22,24,28,32-34,36-39H2,1-2H3,(H2,47,48,49)/b7-5-,8-6-,12-11-,15-14-,19-18-,27-23-,29-25-,30-26-,35-31+/t40?,41-/m1/s1. The van der Waals surface area contributed by atoms with Crippen LogP contribution in [0.4, 0.5) is 0 Å². The zero-order valence-electron chi connectivity index (χ0n) is 32.2. The van der Waals surface area contributed by atoms with Gasteiger partial charge in [-0.2, -0.15) is 0 Å². The number of esters is 2. The quantitative estimate of drug-likeness (QED) is 0.0196. The second-order valence-corrected chi connectivity index (χ2v) is 13.6. The summed E-state index contributed by atoms with van der Waals surface area (Å²) in [5, 5.41) is 9.96. The molecule has 9 nitrogen and oxygen atoms in total. The Bertz CT molecular complexity index is 1230. The van der Waals surface area contributed by atoms with Crippen molar-refractivity contribution in [2.75, 3.05) is 13.2 Å². The number of hydrogen-bond donors (Lipinski definition) is 3. The third-order valence-corrected chi connectivity index (χ3v) is 7.87. The predicted molar refractivity (Wildman–Crippen MR) is 217 cm³/mol. The molecule has 10 heteroatoms. The Labute approximate surface area is 319 Å². The van der Waals surface area contributed by atoms with Crippen molar-refractivity contribution in [3.05, 3.63) is 109 Å². The highest BCUT2D eigenvalue weighted by molar-refractivity contribution is 7.46. The molecule has 3 N–H and O–H groups in total. The van der Waals surface area contributed by atoms with Crippen LogP contribution in [0.3, 0.4) is 0 Å². The van der Waals surface area contributed by atoms with Gasteiger partial charge in [-0.25, -0.2) is 4.57 Å². The largest absolute Gasteiger partial charge is 0.469 e. The van der Waals surface area contributed by atoms with Crippen molar-refractivity contribution in [3.8, 4) is 0 Å². The van der Waals surface area contributed by atoms with Gasteiger partial charge in [-0.05, 0) is 77.0 Å². The van der Waals surface area contributed by atoms with Crippen LogP contribution in [0.2, 0.25) is 0 Å². The topological polar surface area (TPSA) is 140 Å². The van der Waals surface area contributed by atoms with E-state index in [9.17, 15) is 19.3 Å². The molecule has 0 saturated carbocycles. The number of carbonyl (C=O) groups excluding carboxylic acids is 2. The summed E-state index contributed by atoms with van der Waals surface area (Å²) in [6.45, 7) is 3.29. The molecule has 0 amide bonds. The van der Waals surface area contributed by atoms with E-state index in [-0.39, 0.29) is 19.4 Å². The molecule has 0 rings (SSSR count). The number of allylic oxidation sites excluding steroid dienone is 16. The SMILES string of the molecule is CC/C=C\C/C=C\C/C=C\CCCCCCCC(=O)OC[C@H](COP(=O)(O)O)OC(=O)CC/C=C\C/C=C\C/C=C\C=C\C(O)C/C=C\C/C=C\CC. The molecule has 0 aromatic rings. The van der Waals surface area contributed by atoms with E-state index in [0.29, 0.717) is 25.7 Å². The highest BCUT2D eigenvalue weighted by Gasteiger charge is 2.22. The second kappa shape index (κ2) is 37.0. The van der Waals surface area contributed by atoms with E-state index in [2.05, 4.69) is 73.1 Å². The molecular formula is C43H67O9P. The maximum Gasteiger partial charge on any atom is 0.469 e. The van der Waals surface area contributed by atoms with E-state index in [0.717, 1.165) is 70.6 Å². The van der Waals surface area contributed by atoms with Crippen LogP contribution < -0.4 is 0 Å². The van der Waals surface area contributed by atoms with E-state index in [1.54, 1.807) is 6.08 Å². The van der Waals surface area contributed by atoms with Gasteiger partial charge in [0.25, 0.3) is 0 Å². The zero-order valence-corrected chi connectivity index (χ0v) is 33.1. The maximum absolute atomic E-state index is 12.4. The summed E-state index contributed by atoms with van der Waals surface area (Å²) in [5.41, 5.74) is 0. The number of aliphatic hydroxyl groups excluding tert-OH is 1. The summed E-state index contributed by atoms with van der Waals surface area (Å²) in [5.74, 6) is -1.05. The lowest BCUT2D eigenvalue weighted by Crippen LogP contribution is -2.29. The van der Waals surface area contributed by atoms with E-state index in [1.165, 1.54) is 0 Å². The van der Waals surface area contributed by atoms with Crippen LogP contribution in [0.1, 0.15) is 123 Å². The van der Waals surface area contributed by atoms with E-state index < -0.39 is 38.6 Å². The lowest BCUT2D eigenvalue weighted by atomic mass is 10.1. The summed E-state index contributed by atoms with van der Waals surface area (Å²) >= 11 is 0. The minimum atomic E-state index is -4.80. The van der Waals surface area contributed by atoms with Crippen molar-refractivity contribution < 1.29 is 43.0 Å². The van der Waals surface area contributed by atoms with Crippen LogP contribution >= 0.6 is 7.82 Å². The van der Waals surface area contributed by atoms with Crippen molar-refractivity contribution in [2.24, 2.45) is 0 Å². The van der Waals surface area contributed by atoms with Crippen molar-refractivity contribution >= 4 is 19.8 Å². The zero-order chi connectivity index (χ0) is 39.1. The molecule has 1 unspecified atom stereocenters. The summed E-state index contributed by atoms with van der Waals surface area (Å²) in [4.78, 5) is 42.7. The third-order valence-electron chi connectivity index (χ3n) is 7.38. The Balaban J connectivity index is 4.22. The number of ether oxygens (including phenoxy) is 2. The molecule has 0 heterocycles. The van der Waals surface area contributed by atoms with Crippen LogP contribution in [0.25, 0.3) is 0 Å². The molecule has 0 aliphatic rings. The van der Waals surface area contributed by atoms with Gasteiger partial charge >= 0.3 is 19.8 Å². The lowest BCUT2D eigenvalue weighted by molar-refractivity contribution is -0.161. The van der Waals surface area contributed by atoms with Gasteiger partial charge in [0.1, 0.15) is 6.61 Å². The van der Waals surface area contributed by atoms with Crippen LogP contribution in [-0.2, 0) is 28.2 Å². The van der Waals surface area contributed by atoms with Crippen molar-refractivity contribution in [3.63, 3.8) is 0 Å². The molecular weight excluding hydrogens is 691 g/mol. The normalized spacial score (nSPS) is 14.3. The van der Waals surface area contributed by atoms with Gasteiger partial charge in [0.05, 0.1) is 12.7 Å². The van der Waals surface area contributed by atoms with Gasteiger partial charge in [-0.3, -0.25) is 14.1 Å². The van der Waals surface area contributed by atoms with Crippen LogP contribution in [0.15, 0.2) is 109 Å². The number of phosphoric acid groups is 1. The highest BCUT2D eigenvalue weighted by atomic mass is 31.2. The molecule has 298 valence electrons. The molecule has 2 atom stereocenters. The first kappa shape index (κ1) is 49.7. The first-order chi connectivity index (χ1) is 25.7. The molecule has 0 spiro atoms. The molecule has 0 aliphatic carbocycles. The summed E-state index contributed by atoms with van der Waals surface area (Å²) in [6, 6.07) is 0. The van der Waals surface area contributed by atoms with Gasteiger partial charge in [0.2, 0.25) is 0 Å². The molecule has 0 aliphatic heterocycles. The van der Waals surface area contributed by atoms with E-state index in [4.69, 9.17) is 19.3 Å². The Kier molecular flexibility index (Phi) is 34.7. The fourth-order valence-corrected chi connectivity index (χ4v) is 4.91. The van der Waals surface area contributed by atoms with Crippen molar-refractivity contribution in [1.29, 1.82) is 0 Å². The fourth-order valence-electron chi connectivity index (χ4n) is 4.55. The van der Waals surface area contributed by atoms with Gasteiger partial charge in [0, 0.05) is 12.8 Å². The predicted octanol–water partition coefficient (Wildman–Crippen LogP) is 10.6. The Morgan fingerprint density at radius 2 is 1.11 bits per heavy atom. The Hall–Kier alpha value is -3.33. The Morgan fingerprint density at radius 3 is 1.74 bits per heavy atom. The fraction of sp³-hybridized carbons (Fsp3) is 0.535. The summed E-state index contributed by atoms with van der Waals surface area (Å²) < 4.78 is 26.2. The molecule has 0 aromatic heterocycles. The van der Waals surface area contributed by atoms with Gasteiger partial charge in [-0.1, -0.05) is 142 Å². The number of aliphatic hydroxyl groups is 1. The van der Waals surface area contributed by atoms with E-state index >= 15 is 0 Å². The van der Waals surface area contributed by atoms with Crippen molar-refractivity contribution in [2.45, 2.75) is 135 Å². The average Bonchev–Trinajstić information content (AvgIpc) is 3.12. The average molecular weight is 759 g/mol. The summed E-state index contributed by atoms with van der Waals surface area (Å²) in [7, 11) is -4.80. The first-order valence-corrected chi connectivity index (χ1v) is 20.8. The number of hydrogen-bond acceptors (Lipinski definition) is 7. The monoisotopic (exact) mass is 758 g/mol. The maximum atomic E-state index is 12.4. The number of phosphoric ester groups is 1. The number of unbranched alkanes of at least 4 members (excludes halogenated alkanes) is 5. The third kappa shape index (κ3) is 39.7. The minimum Gasteiger partial charge on any atom is -0.462 e. The number of carbonyl (C=O) groups is 2. The van der Waals surface area contributed by atoms with Crippen LogP contribution in [0.5, 0.6) is 0 Å². The van der Waals surface area contributed by atoms with Gasteiger partial charge < -0.3 is 24.4 Å². The van der Waals surface area contributed by atoms with Crippen LogP contribution in [0, 0.1) is 0 Å². The number of rotatable bonds is 33. The second-order valence-electron chi connectivity index (χ2n) is 12.3. The molecule has 0 fully saturated rings. The first-order valence-electron chi connectivity index (χ1n) is 19.3.